The summed E-state index contributed by atoms with van der Waals surface area (Å²) >= 11 is 6.23. The molecule has 1 aliphatic rings. The molecule has 5 heteroatoms. The van der Waals surface area contributed by atoms with Gasteiger partial charge in [-0.2, -0.15) is 0 Å². The lowest BCUT2D eigenvalue weighted by atomic mass is 9.99. The molecular weight excluding hydrogens is 298 g/mol. The molecule has 1 atom stereocenters. The molecule has 2 heterocycles. The first-order chi connectivity index (χ1) is 10.7. The van der Waals surface area contributed by atoms with Crippen LogP contribution < -0.4 is 0 Å². The predicted octanol–water partition coefficient (Wildman–Crippen LogP) is 3.85. The molecule has 4 nitrogen and oxygen atoms in total. The Kier molecular flexibility index (Phi) is 3.21. The molecule has 0 N–H and O–H groups in total. The van der Waals surface area contributed by atoms with Crippen molar-refractivity contribution in [3.63, 3.8) is 0 Å². The van der Waals surface area contributed by atoms with E-state index in [4.69, 9.17) is 16.3 Å². The molecule has 0 spiro atoms. The molecule has 2 aromatic carbocycles. The molecule has 110 valence electrons. The molecule has 3 aromatic rings. The highest BCUT2D eigenvalue weighted by atomic mass is 35.5. The van der Waals surface area contributed by atoms with E-state index in [0.717, 1.165) is 28.5 Å². The quantitative estimate of drug-likeness (QED) is 0.685. The summed E-state index contributed by atoms with van der Waals surface area (Å²) in [6, 6.07) is 16.0. The zero-order chi connectivity index (χ0) is 15.1. The second-order valence-electron chi connectivity index (χ2n) is 5.30. The average Bonchev–Trinajstić information content (AvgIpc) is 2.82. The van der Waals surface area contributed by atoms with Gasteiger partial charge in [-0.3, -0.25) is 4.57 Å². The average molecular weight is 312 g/mol. The van der Waals surface area contributed by atoms with Crippen LogP contribution in [0.25, 0.3) is 5.69 Å². The van der Waals surface area contributed by atoms with Crippen LogP contribution in [0.5, 0.6) is 0 Å². The fraction of sp³-hybridized carbons (Fsp3) is 0.176. The van der Waals surface area contributed by atoms with Gasteiger partial charge in [0, 0.05) is 10.6 Å². The number of hydrogen-bond acceptors (Lipinski definition) is 3. The zero-order valence-corrected chi connectivity index (χ0v) is 12.8. The van der Waals surface area contributed by atoms with Gasteiger partial charge in [0.1, 0.15) is 18.5 Å². The van der Waals surface area contributed by atoms with Crippen LogP contribution in [0, 0.1) is 6.92 Å². The highest BCUT2D eigenvalue weighted by Gasteiger charge is 2.26. The summed E-state index contributed by atoms with van der Waals surface area (Å²) in [7, 11) is 0. The van der Waals surface area contributed by atoms with Crippen LogP contribution in [-0.4, -0.2) is 14.8 Å². The van der Waals surface area contributed by atoms with Gasteiger partial charge >= 0.3 is 0 Å². The summed E-state index contributed by atoms with van der Waals surface area (Å²) in [6.45, 7) is 2.35. The first kappa shape index (κ1) is 13.5. The zero-order valence-electron chi connectivity index (χ0n) is 12.0. The first-order valence-corrected chi connectivity index (χ1v) is 7.49. The number of ether oxygens (including phenoxy) is 1. The Hall–Kier alpha value is -2.17. The Balaban J connectivity index is 1.95. The largest absolute Gasteiger partial charge is 0.361 e. The van der Waals surface area contributed by atoms with E-state index in [1.165, 1.54) is 0 Å². The lowest BCUT2D eigenvalue weighted by molar-refractivity contribution is 0.0655. The van der Waals surface area contributed by atoms with Crippen molar-refractivity contribution in [2.75, 3.05) is 0 Å². The Morgan fingerprint density at radius 3 is 2.77 bits per heavy atom. The fourth-order valence-corrected chi connectivity index (χ4v) is 3.08. The van der Waals surface area contributed by atoms with E-state index in [2.05, 4.69) is 22.3 Å². The molecule has 0 saturated carbocycles. The first-order valence-electron chi connectivity index (χ1n) is 7.11. The maximum absolute atomic E-state index is 6.23. The summed E-state index contributed by atoms with van der Waals surface area (Å²) in [5.41, 5.74) is 3.15. The molecule has 1 aliphatic heterocycles. The second-order valence-corrected chi connectivity index (χ2v) is 5.74. The van der Waals surface area contributed by atoms with Gasteiger partial charge in [-0.15, -0.1) is 10.2 Å². The van der Waals surface area contributed by atoms with Crippen LogP contribution >= 0.6 is 11.6 Å². The Labute approximate surface area is 133 Å². The Morgan fingerprint density at radius 2 is 1.95 bits per heavy atom. The molecule has 0 radical (unpaired) electrons. The lowest BCUT2D eigenvalue weighted by Crippen LogP contribution is -2.06. The van der Waals surface area contributed by atoms with Crippen molar-refractivity contribution in [2.24, 2.45) is 0 Å². The van der Waals surface area contributed by atoms with Crippen molar-refractivity contribution in [2.45, 2.75) is 19.6 Å². The summed E-state index contributed by atoms with van der Waals surface area (Å²) < 4.78 is 8.16. The van der Waals surface area contributed by atoms with E-state index in [9.17, 15) is 0 Å². The van der Waals surface area contributed by atoms with Gasteiger partial charge in [0.05, 0.1) is 5.69 Å². The maximum Gasteiger partial charge on any atom is 0.163 e. The topological polar surface area (TPSA) is 39.9 Å². The second kappa shape index (κ2) is 5.23. The number of aryl methyl sites for hydroxylation is 1. The number of aromatic nitrogens is 3. The highest BCUT2D eigenvalue weighted by molar-refractivity contribution is 6.30. The van der Waals surface area contributed by atoms with Gasteiger partial charge in [0.2, 0.25) is 0 Å². The van der Waals surface area contributed by atoms with Gasteiger partial charge in [-0.25, -0.2) is 0 Å². The summed E-state index contributed by atoms with van der Waals surface area (Å²) in [5, 5.41) is 9.07. The molecule has 22 heavy (non-hydrogen) atoms. The van der Waals surface area contributed by atoms with Crippen molar-refractivity contribution < 1.29 is 4.74 Å². The maximum atomic E-state index is 6.23. The van der Waals surface area contributed by atoms with Crippen molar-refractivity contribution in [1.29, 1.82) is 0 Å². The van der Waals surface area contributed by atoms with Gasteiger partial charge in [0.25, 0.3) is 0 Å². The SMILES string of the molecule is Cc1nnc2n1-c1ccc(Cl)cc1C(c1ccccc1)OC2. The van der Waals surface area contributed by atoms with E-state index in [-0.39, 0.29) is 6.10 Å². The third-order valence-corrected chi connectivity index (χ3v) is 4.12. The molecule has 0 amide bonds. The molecule has 1 unspecified atom stereocenters. The van der Waals surface area contributed by atoms with E-state index in [1.807, 2.05) is 47.9 Å². The molecule has 1 aromatic heterocycles. The number of nitrogens with zero attached hydrogens (tertiary/aromatic N) is 3. The third-order valence-electron chi connectivity index (χ3n) is 3.89. The van der Waals surface area contributed by atoms with Crippen LogP contribution in [0.3, 0.4) is 0 Å². The number of benzene rings is 2. The molecule has 0 saturated heterocycles. The number of halogens is 1. The van der Waals surface area contributed by atoms with Crippen molar-refractivity contribution >= 4 is 11.6 Å². The van der Waals surface area contributed by atoms with E-state index in [1.54, 1.807) is 0 Å². The lowest BCUT2D eigenvalue weighted by Gasteiger charge is -2.18. The molecule has 0 aliphatic carbocycles. The van der Waals surface area contributed by atoms with Gasteiger partial charge in [0.15, 0.2) is 5.82 Å². The standard InChI is InChI=1S/C17H14ClN3O/c1-11-19-20-16-10-22-17(12-5-3-2-4-6-12)14-9-13(18)7-8-15(14)21(11)16/h2-9,17H,10H2,1H3. The monoisotopic (exact) mass is 311 g/mol. The minimum Gasteiger partial charge on any atom is -0.361 e. The van der Waals surface area contributed by atoms with Gasteiger partial charge in [-0.1, -0.05) is 41.9 Å². The molecule has 0 fully saturated rings. The third kappa shape index (κ3) is 2.12. The van der Waals surface area contributed by atoms with E-state index in [0.29, 0.717) is 11.6 Å². The minimum atomic E-state index is -0.170. The minimum absolute atomic E-state index is 0.170. The van der Waals surface area contributed by atoms with Crippen LogP contribution in [0.1, 0.15) is 28.9 Å². The molecular formula is C17H14ClN3O. The fourth-order valence-electron chi connectivity index (χ4n) is 2.90. The van der Waals surface area contributed by atoms with Crippen LogP contribution in [0.2, 0.25) is 5.02 Å². The Bertz CT molecular complexity index is 829. The number of hydrogen-bond donors (Lipinski definition) is 0. The van der Waals surface area contributed by atoms with Gasteiger partial charge in [-0.05, 0) is 30.7 Å². The number of fused-ring (bicyclic) bond motifs is 3. The summed E-state index contributed by atoms with van der Waals surface area (Å²) in [4.78, 5) is 0. The van der Waals surface area contributed by atoms with Crippen LogP contribution in [-0.2, 0) is 11.3 Å². The van der Waals surface area contributed by atoms with Gasteiger partial charge < -0.3 is 4.74 Å². The molecule has 0 bridgehead atoms. The molecule has 4 rings (SSSR count). The van der Waals surface area contributed by atoms with Crippen molar-refractivity contribution in [3.05, 3.63) is 76.3 Å². The summed E-state index contributed by atoms with van der Waals surface area (Å²) in [5.74, 6) is 1.65. The van der Waals surface area contributed by atoms with Crippen LogP contribution in [0.4, 0.5) is 0 Å². The highest BCUT2D eigenvalue weighted by Crippen LogP contribution is 2.36. The number of rotatable bonds is 1. The summed E-state index contributed by atoms with van der Waals surface area (Å²) in [6.07, 6.45) is -0.170. The van der Waals surface area contributed by atoms with E-state index >= 15 is 0 Å². The van der Waals surface area contributed by atoms with Crippen molar-refractivity contribution in [1.82, 2.24) is 14.8 Å². The van der Waals surface area contributed by atoms with Crippen LogP contribution in [0.15, 0.2) is 48.5 Å². The van der Waals surface area contributed by atoms with E-state index < -0.39 is 0 Å². The normalized spacial score (nSPS) is 16.7. The Morgan fingerprint density at radius 1 is 1.14 bits per heavy atom. The van der Waals surface area contributed by atoms with Crippen molar-refractivity contribution in [3.8, 4) is 5.69 Å². The smallest absolute Gasteiger partial charge is 0.163 e. The predicted molar refractivity (Wildman–Crippen MR) is 84.2 cm³/mol.